The van der Waals surface area contributed by atoms with E-state index in [0.29, 0.717) is 52.2 Å². The number of carbonyl (C=O) groups excluding carboxylic acids is 6. The highest BCUT2D eigenvalue weighted by Gasteiger charge is 2.42. The van der Waals surface area contributed by atoms with Crippen molar-refractivity contribution in [3.8, 4) is 11.8 Å². The van der Waals surface area contributed by atoms with E-state index >= 15 is 0 Å². The van der Waals surface area contributed by atoms with Gasteiger partial charge in [-0.25, -0.2) is 9.59 Å². The van der Waals surface area contributed by atoms with Crippen molar-refractivity contribution in [2.45, 2.75) is 114 Å². The number of nitrogens with zero attached hydrogens (tertiary/aromatic N) is 4. The Labute approximate surface area is 359 Å². The summed E-state index contributed by atoms with van der Waals surface area (Å²) in [6.07, 6.45) is 1.21. The van der Waals surface area contributed by atoms with Crippen LogP contribution in [0.1, 0.15) is 58.9 Å². The molecule has 18 heteroatoms. The van der Waals surface area contributed by atoms with Gasteiger partial charge in [0, 0.05) is 38.3 Å². The molecule has 6 amide bonds. The predicted molar refractivity (Wildman–Crippen MR) is 224 cm³/mol. The normalized spacial score (nSPS) is 23.0. The van der Waals surface area contributed by atoms with Gasteiger partial charge in [0.2, 0.25) is 23.6 Å². The molecule has 4 N–H and O–H groups in total. The van der Waals surface area contributed by atoms with E-state index in [4.69, 9.17) is 18.9 Å². The first-order valence-electron chi connectivity index (χ1n) is 21.5. The van der Waals surface area contributed by atoms with Crippen LogP contribution in [0.4, 0.5) is 9.59 Å². The molecule has 0 spiro atoms. The van der Waals surface area contributed by atoms with Crippen LogP contribution in [-0.4, -0.2) is 183 Å². The summed E-state index contributed by atoms with van der Waals surface area (Å²) in [5, 5.41) is 11.5. The summed E-state index contributed by atoms with van der Waals surface area (Å²) in [4.78, 5) is 86.2. The lowest BCUT2D eigenvalue weighted by atomic mass is 10.0. The molecule has 0 saturated carbocycles. The summed E-state index contributed by atoms with van der Waals surface area (Å²) in [7, 11) is 3.31. The summed E-state index contributed by atoms with van der Waals surface area (Å²) in [5.74, 6) is 4.46. The van der Waals surface area contributed by atoms with Crippen LogP contribution < -0.4 is 21.3 Å². The van der Waals surface area contributed by atoms with E-state index < -0.39 is 48.6 Å². The van der Waals surface area contributed by atoms with E-state index in [1.54, 1.807) is 61.4 Å². The summed E-state index contributed by atoms with van der Waals surface area (Å²) in [6, 6.07) is 6.06. The molecule has 5 rings (SSSR count). The first-order valence-corrected chi connectivity index (χ1v) is 21.5. The maximum atomic E-state index is 14.3. The minimum atomic E-state index is -1.03. The van der Waals surface area contributed by atoms with Gasteiger partial charge >= 0.3 is 12.2 Å². The molecule has 0 aromatic heterocycles. The molecule has 0 bridgehead atoms. The molecule has 18 nitrogen and oxygen atoms in total. The monoisotopic (exact) mass is 852 g/mol. The summed E-state index contributed by atoms with van der Waals surface area (Å²) in [5.41, 5.74) is 1.09. The van der Waals surface area contributed by atoms with Crippen molar-refractivity contribution < 1.29 is 47.7 Å². The minimum Gasteiger partial charge on any atom is -0.448 e. The molecule has 4 fully saturated rings. The van der Waals surface area contributed by atoms with Crippen LogP contribution in [0.5, 0.6) is 0 Å². The SMILES string of the molecule is CN[C@@H](C)C(=O)NC(C(=O)N1CCCC1CN1CCOC1=O)C(C)OCC#CCOC(C)C(NC(=O)[C@H](C)NC)C(=O)N1CCCC1CN1C(=O)OC[C@@H]1Cc1ccccc1. The third-order valence-corrected chi connectivity index (χ3v) is 12.1. The van der Waals surface area contributed by atoms with E-state index in [1.807, 2.05) is 30.3 Å². The van der Waals surface area contributed by atoms with Crippen LogP contribution in [0, 0.1) is 11.8 Å². The Balaban J connectivity index is 1.19. The molecule has 1 aromatic carbocycles. The smallest absolute Gasteiger partial charge is 0.410 e. The third kappa shape index (κ3) is 12.6. The van der Waals surface area contributed by atoms with Crippen molar-refractivity contribution in [2.24, 2.45) is 0 Å². The second kappa shape index (κ2) is 22.8. The molecular weight excluding hydrogens is 789 g/mol. The van der Waals surface area contributed by atoms with E-state index in [9.17, 15) is 28.8 Å². The van der Waals surface area contributed by atoms with Gasteiger partial charge in [0.15, 0.2) is 0 Å². The zero-order valence-electron chi connectivity index (χ0n) is 36.4. The molecule has 0 radical (unpaired) electrons. The van der Waals surface area contributed by atoms with Gasteiger partial charge in [0.1, 0.15) is 38.5 Å². The fourth-order valence-electron chi connectivity index (χ4n) is 8.05. The van der Waals surface area contributed by atoms with Gasteiger partial charge in [-0.1, -0.05) is 42.2 Å². The molecule has 4 saturated heterocycles. The lowest BCUT2D eigenvalue weighted by Crippen LogP contribution is -2.59. The highest BCUT2D eigenvalue weighted by atomic mass is 16.6. The van der Waals surface area contributed by atoms with E-state index in [-0.39, 0.29) is 61.6 Å². The average Bonchev–Trinajstić information content (AvgIpc) is 4.09. The fourth-order valence-corrected chi connectivity index (χ4v) is 8.05. The van der Waals surface area contributed by atoms with Crippen LogP contribution in [0.25, 0.3) is 0 Å². The van der Waals surface area contributed by atoms with Gasteiger partial charge in [-0.15, -0.1) is 0 Å². The molecule has 4 heterocycles. The Hall–Kier alpha value is -4.96. The number of amides is 6. The molecule has 4 aliphatic rings. The fraction of sp³-hybridized carbons (Fsp3) is 0.674. The number of likely N-dealkylation sites (tertiary alicyclic amines) is 2. The molecule has 336 valence electrons. The summed E-state index contributed by atoms with van der Waals surface area (Å²) < 4.78 is 22.5. The number of likely N-dealkylation sites (N-methyl/N-ethyl adjacent to an activating group) is 2. The Kier molecular flexibility index (Phi) is 17.6. The Morgan fingerprint density at radius 2 is 1.25 bits per heavy atom. The molecular formula is C43H64N8O10. The van der Waals surface area contributed by atoms with Crippen molar-refractivity contribution in [2.75, 3.05) is 73.2 Å². The van der Waals surface area contributed by atoms with E-state index in [2.05, 4.69) is 33.1 Å². The van der Waals surface area contributed by atoms with Crippen LogP contribution in [0.2, 0.25) is 0 Å². The molecule has 4 aliphatic heterocycles. The van der Waals surface area contributed by atoms with Crippen LogP contribution in [0.15, 0.2) is 30.3 Å². The molecule has 9 atom stereocenters. The number of carbonyl (C=O) groups is 6. The largest absolute Gasteiger partial charge is 0.448 e. The Bertz CT molecular complexity index is 1740. The number of ether oxygens (including phenoxy) is 4. The molecule has 61 heavy (non-hydrogen) atoms. The Morgan fingerprint density at radius 1 is 0.721 bits per heavy atom. The standard InChI is InChI=1S/C43H64N8O10/c1-28(44-5)38(52)46-36(40(54)49-18-12-16-33(49)25-48-20-23-60-42(48)56)30(3)58-21-10-11-22-59-31(4)37(47-39(53)29(2)45-6)41(55)50-19-13-17-34(50)26-51-35(27-61-43(51)57)24-32-14-8-7-9-15-32/h7-9,14-15,28-31,33-37,44-45H,12-13,16-27H2,1-6H3,(H,46,52)(H,47,53)/t28-,29-,30?,31?,33?,34?,35-,36?,37?/m0/s1. The van der Waals surface area contributed by atoms with E-state index in [0.717, 1.165) is 24.8 Å². The Morgan fingerprint density at radius 3 is 1.74 bits per heavy atom. The number of benzene rings is 1. The van der Waals surface area contributed by atoms with Gasteiger partial charge in [-0.3, -0.25) is 24.1 Å². The van der Waals surface area contributed by atoms with Crippen molar-refractivity contribution in [1.82, 2.24) is 40.9 Å². The number of hydrogen-bond donors (Lipinski definition) is 4. The van der Waals surface area contributed by atoms with Crippen molar-refractivity contribution in [3.63, 3.8) is 0 Å². The maximum absolute atomic E-state index is 14.3. The summed E-state index contributed by atoms with van der Waals surface area (Å²) >= 11 is 0. The quantitative estimate of drug-likeness (QED) is 0.133. The topological polar surface area (TPSA) is 200 Å². The van der Waals surface area contributed by atoms with Crippen molar-refractivity contribution >= 4 is 35.8 Å². The zero-order valence-corrected chi connectivity index (χ0v) is 36.4. The van der Waals surface area contributed by atoms with Gasteiger partial charge < -0.3 is 54.9 Å². The third-order valence-electron chi connectivity index (χ3n) is 12.1. The maximum Gasteiger partial charge on any atom is 0.410 e. The zero-order chi connectivity index (χ0) is 44.1. The van der Waals surface area contributed by atoms with Crippen molar-refractivity contribution in [3.05, 3.63) is 35.9 Å². The predicted octanol–water partition coefficient (Wildman–Crippen LogP) is 0.483. The highest BCUT2D eigenvalue weighted by molar-refractivity contribution is 5.91. The second-order valence-corrected chi connectivity index (χ2v) is 16.2. The van der Waals surface area contributed by atoms with E-state index in [1.165, 1.54) is 0 Å². The van der Waals surface area contributed by atoms with Gasteiger partial charge in [0.25, 0.3) is 0 Å². The van der Waals surface area contributed by atoms with Gasteiger partial charge in [-0.2, -0.15) is 0 Å². The highest BCUT2D eigenvalue weighted by Crippen LogP contribution is 2.26. The van der Waals surface area contributed by atoms with Crippen molar-refractivity contribution in [1.29, 1.82) is 0 Å². The lowest BCUT2D eigenvalue weighted by Gasteiger charge is -2.34. The first-order chi connectivity index (χ1) is 29.3. The number of hydrogen-bond acceptors (Lipinski definition) is 12. The van der Waals surface area contributed by atoms with Gasteiger partial charge in [-0.05, 0) is 79.5 Å². The minimum absolute atomic E-state index is 0.0817. The van der Waals surface area contributed by atoms with Crippen LogP contribution in [-0.2, 0) is 44.5 Å². The lowest BCUT2D eigenvalue weighted by molar-refractivity contribution is -0.141. The number of nitrogens with one attached hydrogen (secondary N) is 4. The second-order valence-electron chi connectivity index (χ2n) is 16.2. The summed E-state index contributed by atoms with van der Waals surface area (Å²) in [6.45, 7) is 9.29. The molecule has 1 aromatic rings. The number of cyclic esters (lactones) is 2. The van der Waals surface area contributed by atoms with Crippen LogP contribution >= 0.6 is 0 Å². The first kappa shape index (κ1) is 47.1. The van der Waals surface area contributed by atoms with Gasteiger partial charge in [0.05, 0.1) is 36.9 Å². The number of rotatable bonds is 20. The average molecular weight is 853 g/mol. The molecule has 0 aliphatic carbocycles. The van der Waals surface area contributed by atoms with Crippen LogP contribution in [0.3, 0.4) is 0 Å². The molecule has 6 unspecified atom stereocenters.